The summed E-state index contributed by atoms with van der Waals surface area (Å²) in [4.78, 5) is 35.9. The number of likely N-dealkylation sites (tertiary alicyclic amines) is 1. The smallest absolute Gasteiger partial charge is 0.317 e. The van der Waals surface area contributed by atoms with Crippen LogP contribution in [0, 0.1) is 5.41 Å². The average Bonchev–Trinajstić information content (AvgIpc) is 2.47. The minimum atomic E-state index is -0.768. The van der Waals surface area contributed by atoms with E-state index in [1.54, 1.807) is 4.90 Å². The van der Waals surface area contributed by atoms with Gasteiger partial charge in [0.05, 0.1) is 18.9 Å². The fraction of sp³-hybridized carbons (Fsp3) is 0.786. The number of carbonyl (C=O) groups excluding carboxylic acids is 2. The summed E-state index contributed by atoms with van der Waals surface area (Å²) in [6.07, 6.45) is 2.53. The molecule has 0 atom stereocenters. The van der Waals surface area contributed by atoms with E-state index in [4.69, 9.17) is 0 Å². The first-order chi connectivity index (χ1) is 9.95. The van der Waals surface area contributed by atoms with Crippen molar-refractivity contribution < 1.29 is 24.2 Å². The summed E-state index contributed by atoms with van der Waals surface area (Å²) in [5, 5.41) is 12.0. The average molecular weight is 300 g/mol. The summed E-state index contributed by atoms with van der Waals surface area (Å²) in [7, 11) is 1.30. The molecule has 0 bridgehead atoms. The zero-order chi connectivity index (χ0) is 15.9. The second kappa shape index (κ2) is 7.85. The van der Waals surface area contributed by atoms with Crippen LogP contribution in [0.4, 0.5) is 4.79 Å². The van der Waals surface area contributed by atoms with Crippen LogP contribution < -0.4 is 5.32 Å². The van der Waals surface area contributed by atoms with Crippen LogP contribution in [0.3, 0.4) is 0 Å². The minimum Gasteiger partial charge on any atom is -0.481 e. The lowest BCUT2D eigenvalue weighted by molar-refractivity contribution is -0.152. The molecule has 1 heterocycles. The number of nitrogens with one attached hydrogen (secondary N) is 1. The van der Waals surface area contributed by atoms with Crippen molar-refractivity contribution in [1.29, 1.82) is 0 Å². The summed E-state index contributed by atoms with van der Waals surface area (Å²) in [6.45, 7) is 3.05. The quantitative estimate of drug-likeness (QED) is 0.719. The van der Waals surface area contributed by atoms with Crippen LogP contribution in [0.15, 0.2) is 0 Å². The lowest BCUT2D eigenvalue weighted by atomic mass is 9.75. The van der Waals surface area contributed by atoms with Gasteiger partial charge in [-0.15, -0.1) is 0 Å². The molecule has 1 aliphatic heterocycles. The topological polar surface area (TPSA) is 95.9 Å². The number of nitrogens with zero attached hydrogens (tertiary/aromatic N) is 1. The zero-order valence-corrected chi connectivity index (χ0v) is 12.7. The molecule has 1 saturated heterocycles. The maximum absolute atomic E-state index is 11.9. The molecule has 2 amide bonds. The maximum atomic E-state index is 11.9. The summed E-state index contributed by atoms with van der Waals surface area (Å²) in [5.41, 5.74) is -0.697. The van der Waals surface area contributed by atoms with Crippen molar-refractivity contribution >= 4 is 18.0 Å². The molecule has 7 heteroatoms. The van der Waals surface area contributed by atoms with Gasteiger partial charge in [-0.3, -0.25) is 9.59 Å². The van der Waals surface area contributed by atoms with E-state index in [1.807, 2.05) is 6.92 Å². The van der Waals surface area contributed by atoms with Gasteiger partial charge in [0.25, 0.3) is 0 Å². The number of piperidine rings is 1. The number of rotatable bonds is 6. The van der Waals surface area contributed by atoms with Gasteiger partial charge in [0.1, 0.15) is 0 Å². The van der Waals surface area contributed by atoms with Crippen LogP contribution >= 0.6 is 0 Å². The Bertz CT molecular complexity index is 389. The van der Waals surface area contributed by atoms with Crippen LogP contribution in [-0.2, 0) is 14.3 Å². The summed E-state index contributed by atoms with van der Waals surface area (Å²) in [6, 6.07) is -0.255. The summed E-state index contributed by atoms with van der Waals surface area (Å²) >= 11 is 0. The molecule has 21 heavy (non-hydrogen) atoms. The Labute approximate surface area is 124 Å². The van der Waals surface area contributed by atoms with Gasteiger partial charge < -0.3 is 20.1 Å². The fourth-order valence-electron chi connectivity index (χ4n) is 2.67. The van der Waals surface area contributed by atoms with Crippen LogP contribution in [0.1, 0.15) is 39.0 Å². The molecule has 0 saturated carbocycles. The first-order valence-corrected chi connectivity index (χ1v) is 7.28. The van der Waals surface area contributed by atoms with E-state index in [-0.39, 0.29) is 25.0 Å². The molecule has 0 aliphatic carbocycles. The van der Waals surface area contributed by atoms with E-state index in [2.05, 4.69) is 10.1 Å². The number of methoxy groups -OCH3 is 1. The lowest BCUT2D eigenvalue weighted by Crippen LogP contribution is -2.49. The Balaban J connectivity index is 2.42. The fourth-order valence-corrected chi connectivity index (χ4v) is 2.67. The number of carboxylic acid groups (broad SMARTS) is 1. The SMILES string of the molecule is CCCC1(C(=O)O)CCN(C(=O)NCCC(=O)OC)CC1. The second-order valence-corrected chi connectivity index (χ2v) is 5.38. The first-order valence-electron chi connectivity index (χ1n) is 7.28. The van der Waals surface area contributed by atoms with E-state index in [0.29, 0.717) is 32.4 Å². The number of ether oxygens (including phenoxy) is 1. The van der Waals surface area contributed by atoms with Crippen molar-refractivity contribution in [2.24, 2.45) is 5.41 Å². The lowest BCUT2D eigenvalue weighted by Gasteiger charge is -2.38. The Kier molecular flexibility index (Phi) is 6.45. The third kappa shape index (κ3) is 4.61. The number of urea groups is 1. The highest BCUT2D eigenvalue weighted by molar-refractivity contribution is 5.77. The maximum Gasteiger partial charge on any atom is 0.317 e. The molecule has 0 radical (unpaired) electrons. The number of aliphatic carboxylic acids is 1. The number of carboxylic acids is 1. The van der Waals surface area contributed by atoms with Gasteiger partial charge in [-0.2, -0.15) is 0 Å². The summed E-state index contributed by atoms with van der Waals surface area (Å²) < 4.78 is 4.49. The molecule has 0 spiro atoms. The van der Waals surface area contributed by atoms with Crippen LogP contribution in [0.25, 0.3) is 0 Å². The molecular weight excluding hydrogens is 276 g/mol. The van der Waals surface area contributed by atoms with Crippen molar-refractivity contribution in [3.8, 4) is 0 Å². The normalized spacial score (nSPS) is 17.1. The summed E-state index contributed by atoms with van der Waals surface area (Å²) in [5.74, 6) is -1.14. The van der Waals surface area contributed by atoms with Crippen molar-refractivity contribution in [1.82, 2.24) is 10.2 Å². The van der Waals surface area contributed by atoms with Crippen LogP contribution in [0.2, 0.25) is 0 Å². The predicted octanol–water partition coefficient (Wildman–Crippen LogP) is 1.23. The van der Waals surface area contributed by atoms with Gasteiger partial charge in [0, 0.05) is 19.6 Å². The predicted molar refractivity (Wildman–Crippen MR) is 75.8 cm³/mol. The molecule has 1 aliphatic rings. The van der Waals surface area contributed by atoms with Crippen molar-refractivity contribution in [3.63, 3.8) is 0 Å². The minimum absolute atomic E-state index is 0.130. The molecule has 0 aromatic rings. The van der Waals surface area contributed by atoms with E-state index in [9.17, 15) is 19.5 Å². The Morgan fingerprint density at radius 3 is 2.38 bits per heavy atom. The Morgan fingerprint density at radius 1 is 1.29 bits per heavy atom. The molecule has 0 aromatic heterocycles. The van der Waals surface area contributed by atoms with Gasteiger partial charge in [0.15, 0.2) is 0 Å². The molecular formula is C14H24N2O5. The van der Waals surface area contributed by atoms with Gasteiger partial charge in [-0.25, -0.2) is 4.79 Å². The van der Waals surface area contributed by atoms with E-state index in [0.717, 1.165) is 6.42 Å². The van der Waals surface area contributed by atoms with Crippen molar-refractivity contribution in [2.75, 3.05) is 26.7 Å². The molecule has 0 unspecified atom stereocenters. The first kappa shape index (κ1) is 17.3. The third-order valence-corrected chi connectivity index (χ3v) is 4.02. The molecule has 1 fully saturated rings. The van der Waals surface area contributed by atoms with E-state index < -0.39 is 11.4 Å². The highest BCUT2D eigenvalue weighted by Crippen LogP contribution is 2.36. The molecule has 120 valence electrons. The monoisotopic (exact) mass is 300 g/mol. The van der Waals surface area contributed by atoms with Crippen molar-refractivity contribution in [2.45, 2.75) is 39.0 Å². The Morgan fingerprint density at radius 2 is 1.90 bits per heavy atom. The molecule has 1 rings (SSSR count). The van der Waals surface area contributed by atoms with E-state index >= 15 is 0 Å². The van der Waals surface area contributed by atoms with Gasteiger partial charge in [-0.05, 0) is 19.3 Å². The van der Waals surface area contributed by atoms with Gasteiger partial charge in [-0.1, -0.05) is 13.3 Å². The number of amides is 2. The number of hydrogen-bond donors (Lipinski definition) is 2. The number of carbonyl (C=O) groups is 3. The molecule has 0 aromatic carbocycles. The third-order valence-electron chi connectivity index (χ3n) is 4.02. The van der Waals surface area contributed by atoms with Gasteiger partial charge >= 0.3 is 18.0 Å². The van der Waals surface area contributed by atoms with E-state index in [1.165, 1.54) is 7.11 Å². The Hall–Kier alpha value is -1.79. The molecule has 2 N–H and O–H groups in total. The highest BCUT2D eigenvalue weighted by atomic mass is 16.5. The number of hydrogen-bond acceptors (Lipinski definition) is 4. The largest absolute Gasteiger partial charge is 0.481 e. The van der Waals surface area contributed by atoms with Crippen LogP contribution in [0.5, 0.6) is 0 Å². The number of esters is 1. The second-order valence-electron chi connectivity index (χ2n) is 5.38. The highest BCUT2D eigenvalue weighted by Gasteiger charge is 2.41. The molecule has 7 nitrogen and oxygen atoms in total. The van der Waals surface area contributed by atoms with Crippen molar-refractivity contribution in [3.05, 3.63) is 0 Å². The zero-order valence-electron chi connectivity index (χ0n) is 12.7. The van der Waals surface area contributed by atoms with Gasteiger partial charge in [0.2, 0.25) is 0 Å². The standard InChI is InChI=1S/C14H24N2O5/c1-3-5-14(12(18)19)6-9-16(10-7-14)13(20)15-8-4-11(17)21-2/h3-10H2,1-2H3,(H,15,20)(H,18,19). The van der Waals surface area contributed by atoms with Crippen LogP contribution in [-0.4, -0.2) is 54.7 Å².